The molecule has 3 aromatic rings. The number of nitrogens with zero attached hydrogens (tertiary/aromatic N) is 2. The highest BCUT2D eigenvalue weighted by atomic mass is 14.9. The molecule has 0 aliphatic carbocycles. The Morgan fingerprint density at radius 2 is 1.68 bits per heavy atom. The topological polar surface area (TPSA) is 41.6 Å². The van der Waals surface area contributed by atoms with E-state index < -0.39 is 0 Å². The summed E-state index contributed by atoms with van der Waals surface area (Å²) < 4.78 is 0. The van der Waals surface area contributed by atoms with Crippen LogP contribution in [0.3, 0.4) is 0 Å². The summed E-state index contributed by atoms with van der Waals surface area (Å²) in [6.07, 6.45) is 7.56. The molecule has 0 saturated carbocycles. The first kappa shape index (κ1) is 14.5. The zero-order chi connectivity index (χ0) is 15.7. The van der Waals surface area contributed by atoms with Gasteiger partial charge in [0.25, 0.3) is 0 Å². The molecule has 0 aliphatic rings. The number of rotatable bonds is 2. The van der Waals surface area contributed by atoms with Crippen molar-refractivity contribution in [1.82, 2.24) is 15.0 Å². The first-order valence-corrected chi connectivity index (χ1v) is 7.57. The maximum absolute atomic E-state index is 4.46. The van der Waals surface area contributed by atoms with Crippen molar-refractivity contribution in [2.75, 3.05) is 0 Å². The van der Waals surface area contributed by atoms with E-state index in [1.54, 1.807) is 12.4 Å². The second-order valence-corrected chi connectivity index (χ2v) is 6.49. The molecule has 0 saturated heterocycles. The fourth-order valence-electron chi connectivity index (χ4n) is 2.62. The molecule has 3 heteroatoms. The molecule has 0 unspecified atom stereocenters. The standard InChI is InChI=1S/C19H21N3/c1-5-6-15-16(22-18-17(15)20-11-12-21-18)13-7-9-14(10-8-13)19(2,3)4/h5-12H,1-4H3,(H,21,22). The lowest BCUT2D eigenvalue weighted by molar-refractivity contribution is 0.590. The van der Waals surface area contributed by atoms with Gasteiger partial charge in [-0.1, -0.05) is 57.2 Å². The fourth-order valence-corrected chi connectivity index (χ4v) is 2.62. The number of H-pyrrole nitrogens is 1. The van der Waals surface area contributed by atoms with Crippen molar-refractivity contribution in [2.45, 2.75) is 33.1 Å². The van der Waals surface area contributed by atoms with Crippen LogP contribution in [-0.2, 0) is 5.41 Å². The Labute approximate surface area is 131 Å². The molecule has 1 aromatic carbocycles. The number of benzene rings is 1. The van der Waals surface area contributed by atoms with Gasteiger partial charge in [-0.05, 0) is 23.5 Å². The van der Waals surface area contributed by atoms with Crippen molar-refractivity contribution < 1.29 is 0 Å². The van der Waals surface area contributed by atoms with Gasteiger partial charge in [-0.2, -0.15) is 0 Å². The third kappa shape index (κ3) is 2.54. The van der Waals surface area contributed by atoms with E-state index in [0.29, 0.717) is 0 Å². The lowest BCUT2D eigenvalue weighted by atomic mass is 9.86. The number of nitrogens with one attached hydrogen (secondary N) is 1. The van der Waals surface area contributed by atoms with Gasteiger partial charge < -0.3 is 4.98 Å². The Bertz CT molecular complexity index is 818. The van der Waals surface area contributed by atoms with Gasteiger partial charge in [0.05, 0.1) is 5.69 Å². The average molecular weight is 291 g/mol. The van der Waals surface area contributed by atoms with E-state index in [1.165, 1.54) is 5.56 Å². The van der Waals surface area contributed by atoms with Gasteiger partial charge in [0.1, 0.15) is 5.52 Å². The zero-order valence-electron chi connectivity index (χ0n) is 13.5. The normalized spacial score (nSPS) is 12.4. The van der Waals surface area contributed by atoms with Crippen LogP contribution in [0.5, 0.6) is 0 Å². The quantitative estimate of drug-likeness (QED) is 0.725. The Hall–Kier alpha value is -2.42. The third-order valence-electron chi connectivity index (χ3n) is 3.84. The highest BCUT2D eigenvalue weighted by Crippen LogP contribution is 2.31. The van der Waals surface area contributed by atoms with Gasteiger partial charge in [-0.25, -0.2) is 4.98 Å². The number of hydrogen-bond acceptors (Lipinski definition) is 2. The van der Waals surface area contributed by atoms with Gasteiger partial charge in [-0.15, -0.1) is 0 Å². The third-order valence-corrected chi connectivity index (χ3v) is 3.84. The predicted molar refractivity (Wildman–Crippen MR) is 92.7 cm³/mol. The second kappa shape index (κ2) is 5.41. The highest BCUT2D eigenvalue weighted by Gasteiger charge is 2.16. The van der Waals surface area contributed by atoms with Crippen LogP contribution in [0.1, 0.15) is 38.8 Å². The summed E-state index contributed by atoms with van der Waals surface area (Å²) in [5.74, 6) is 0. The largest absolute Gasteiger partial charge is 0.337 e. The van der Waals surface area contributed by atoms with E-state index in [1.807, 2.05) is 13.0 Å². The maximum Gasteiger partial charge on any atom is 0.157 e. The van der Waals surface area contributed by atoms with Gasteiger partial charge in [0.2, 0.25) is 0 Å². The average Bonchev–Trinajstić information content (AvgIpc) is 2.86. The number of aromatic nitrogens is 3. The minimum absolute atomic E-state index is 0.161. The summed E-state index contributed by atoms with van der Waals surface area (Å²) in [5.41, 5.74) is 6.54. The maximum atomic E-state index is 4.46. The van der Waals surface area contributed by atoms with Crippen molar-refractivity contribution in [3.05, 3.63) is 53.9 Å². The van der Waals surface area contributed by atoms with Crippen molar-refractivity contribution in [3.63, 3.8) is 0 Å². The summed E-state index contributed by atoms with van der Waals surface area (Å²) in [6, 6.07) is 8.72. The van der Waals surface area contributed by atoms with Crippen molar-refractivity contribution in [1.29, 1.82) is 0 Å². The summed E-state index contributed by atoms with van der Waals surface area (Å²) in [6.45, 7) is 8.69. The SMILES string of the molecule is CC=Cc1c(-c2ccc(C(C)(C)C)cc2)[nH]c2nccnc12. The summed E-state index contributed by atoms with van der Waals surface area (Å²) in [5, 5.41) is 0. The molecule has 0 aliphatic heterocycles. The van der Waals surface area contributed by atoms with E-state index in [-0.39, 0.29) is 5.41 Å². The number of allylic oxidation sites excluding steroid dienone is 1. The van der Waals surface area contributed by atoms with Crippen LogP contribution in [-0.4, -0.2) is 15.0 Å². The van der Waals surface area contributed by atoms with Crippen LogP contribution in [0.15, 0.2) is 42.7 Å². The van der Waals surface area contributed by atoms with Gasteiger partial charge in [0, 0.05) is 18.0 Å². The molecular formula is C19H21N3. The number of aromatic amines is 1. The van der Waals surface area contributed by atoms with Crippen LogP contribution < -0.4 is 0 Å². The monoisotopic (exact) mass is 291 g/mol. The first-order chi connectivity index (χ1) is 10.5. The molecule has 112 valence electrons. The second-order valence-electron chi connectivity index (χ2n) is 6.49. The van der Waals surface area contributed by atoms with Crippen molar-refractivity contribution in [3.8, 4) is 11.3 Å². The minimum atomic E-state index is 0.161. The summed E-state index contributed by atoms with van der Waals surface area (Å²) >= 11 is 0. The Kier molecular flexibility index (Phi) is 3.57. The number of hydrogen-bond donors (Lipinski definition) is 1. The molecule has 0 radical (unpaired) electrons. The Morgan fingerprint density at radius 1 is 1.00 bits per heavy atom. The van der Waals surface area contributed by atoms with Crippen LogP contribution in [0.4, 0.5) is 0 Å². The molecule has 0 atom stereocenters. The molecule has 3 rings (SSSR count). The van der Waals surface area contributed by atoms with Gasteiger partial charge in [-0.3, -0.25) is 4.98 Å². The molecule has 0 amide bonds. The number of fused-ring (bicyclic) bond motifs is 1. The fraction of sp³-hybridized carbons (Fsp3) is 0.263. The van der Waals surface area contributed by atoms with E-state index >= 15 is 0 Å². The molecule has 2 heterocycles. The lowest BCUT2D eigenvalue weighted by Gasteiger charge is -2.19. The van der Waals surface area contributed by atoms with Crippen molar-refractivity contribution >= 4 is 17.2 Å². The smallest absolute Gasteiger partial charge is 0.157 e. The van der Waals surface area contributed by atoms with Crippen LogP contribution in [0.25, 0.3) is 28.5 Å². The van der Waals surface area contributed by atoms with Crippen molar-refractivity contribution in [2.24, 2.45) is 0 Å². The molecule has 0 spiro atoms. The Balaban J connectivity index is 2.15. The molecular weight excluding hydrogens is 270 g/mol. The minimum Gasteiger partial charge on any atom is -0.337 e. The molecule has 0 bridgehead atoms. The predicted octanol–water partition coefficient (Wildman–Crippen LogP) is 4.96. The van der Waals surface area contributed by atoms with Gasteiger partial charge in [0.15, 0.2) is 5.65 Å². The Morgan fingerprint density at radius 3 is 2.32 bits per heavy atom. The molecule has 0 fully saturated rings. The first-order valence-electron chi connectivity index (χ1n) is 7.57. The van der Waals surface area contributed by atoms with E-state index in [9.17, 15) is 0 Å². The van der Waals surface area contributed by atoms with Crippen LogP contribution in [0.2, 0.25) is 0 Å². The molecule has 22 heavy (non-hydrogen) atoms. The molecule has 2 aromatic heterocycles. The highest BCUT2D eigenvalue weighted by molar-refractivity contribution is 5.92. The van der Waals surface area contributed by atoms with E-state index in [4.69, 9.17) is 0 Å². The summed E-state index contributed by atoms with van der Waals surface area (Å²) in [7, 11) is 0. The van der Waals surface area contributed by atoms with Gasteiger partial charge >= 0.3 is 0 Å². The van der Waals surface area contributed by atoms with Crippen LogP contribution >= 0.6 is 0 Å². The molecule has 3 nitrogen and oxygen atoms in total. The zero-order valence-corrected chi connectivity index (χ0v) is 13.5. The van der Waals surface area contributed by atoms with Crippen LogP contribution in [0, 0.1) is 0 Å². The van der Waals surface area contributed by atoms with E-state index in [2.05, 4.69) is 66.1 Å². The lowest BCUT2D eigenvalue weighted by Crippen LogP contribution is -2.10. The molecule has 1 N–H and O–H groups in total. The van der Waals surface area contributed by atoms with E-state index in [0.717, 1.165) is 28.0 Å². The summed E-state index contributed by atoms with van der Waals surface area (Å²) in [4.78, 5) is 12.2.